The zero-order chi connectivity index (χ0) is 21.2. The van der Waals surface area contributed by atoms with Crippen molar-refractivity contribution in [2.24, 2.45) is 0 Å². The third-order valence-electron chi connectivity index (χ3n) is 5.07. The first-order chi connectivity index (χ1) is 13.7. The molecule has 0 fully saturated rings. The van der Waals surface area contributed by atoms with Gasteiger partial charge in [-0.2, -0.15) is 0 Å². The SMILES string of the molecule is CC(c1ccccc1Cl)N1CCc2cc(C(=O)N[C@H](C)/C=C/S(C)(=O)=O)ccc21. The van der Waals surface area contributed by atoms with Crippen LogP contribution in [-0.4, -0.2) is 33.2 Å². The van der Waals surface area contributed by atoms with Gasteiger partial charge in [0.25, 0.3) is 5.91 Å². The predicted molar refractivity (Wildman–Crippen MR) is 118 cm³/mol. The fraction of sp³-hybridized carbons (Fsp3) is 0.318. The van der Waals surface area contributed by atoms with Crippen molar-refractivity contribution in [2.75, 3.05) is 17.7 Å². The van der Waals surface area contributed by atoms with E-state index in [4.69, 9.17) is 11.6 Å². The molecule has 1 amide bonds. The van der Waals surface area contributed by atoms with Gasteiger partial charge in [0, 0.05) is 40.5 Å². The van der Waals surface area contributed by atoms with Crippen LogP contribution < -0.4 is 10.2 Å². The molecule has 0 aromatic heterocycles. The molecule has 3 rings (SSSR count). The normalized spacial score (nSPS) is 15.9. The van der Waals surface area contributed by atoms with Crippen molar-refractivity contribution in [3.8, 4) is 0 Å². The van der Waals surface area contributed by atoms with Crippen LogP contribution in [0.4, 0.5) is 5.69 Å². The Balaban J connectivity index is 1.75. The molecule has 1 N–H and O–H groups in total. The van der Waals surface area contributed by atoms with Gasteiger partial charge in [-0.05, 0) is 55.7 Å². The Hall–Kier alpha value is -2.31. The largest absolute Gasteiger partial charge is 0.364 e. The van der Waals surface area contributed by atoms with Crippen molar-refractivity contribution in [1.29, 1.82) is 0 Å². The first-order valence-corrected chi connectivity index (χ1v) is 11.8. The van der Waals surface area contributed by atoms with Crippen molar-refractivity contribution in [3.05, 3.63) is 75.7 Å². The molecule has 1 aliphatic rings. The number of carbonyl (C=O) groups excluding carboxylic acids is 1. The number of rotatable bonds is 6. The maximum absolute atomic E-state index is 12.5. The molecule has 2 aromatic rings. The van der Waals surface area contributed by atoms with E-state index in [0.29, 0.717) is 5.56 Å². The number of fused-ring (bicyclic) bond motifs is 1. The Bertz CT molecular complexity index is 1050. The van der Waals surface area contributed by atoms with Crippen LogP contribution in [0.3, 0.4) is 0 Å². The highest BCUT2D eigenvalue weighted by molar-refractivity contribution is 7.93. The highest BCUT2D eigenvalue weighted by Crippen LogP contribution is 2.37. The van der Waals surface area contributed by atoms with E-state index >= 15 is 0 Å². The average Bonchev–Trinajstić information content (AvgIpc) is 3.09. The molecule has 1 unspecified atom stereocenters. The fourth-order valence-electron chi connectivity index (χ4n) is 3.55. The summed E-state index contributed by atoms with van der Waals surface area (Å²) in [6, 6.07) is 13.3. The Morgan fingerprint density at radius 2 is 1.93 bits per heavy atom. The van der Waals surface area contributed by atoms with E-state index in [1.54, 1.807) is 13.0 Å². The van der Waals surface area contributed by atoms with Crippen LogP contribution in [0, 0.1) is 0 Å². The number of anilines is 1. The summed E-state index contributed by atoms with van der Waals surface area (Å²) < 4.78 is 22.4. The lowest BCUT2D eigenvalue weighted by molar-refractivity contribution is 0.0947. The average molecular weight is 433 g/mol. The lowest BCUT2D eigenvalue weighted by Crippen LogP contribution is -2.31. The summed E-state index contributed by atoms with van der Waals surface area (Å²) in [5, 5.41) is 4.66. The lowest BCUT2D eigenvalue weighted by atomic mass is 10.1. The lowest BCUT2D eigenvalue weighted by Gasteiger charge is -2.28. The van der Waals surface area contributed by atoms with Gasteiger partial charge in [-0.1, -0.05) is 35.9 Å². The summed E-state index contributed by atoms with van der Waals surface area (Å²) in [6.07, 6.45) is 3.44. The van der Waals surface area contributed by atoms with E-state index in [0.717, 1.165) is 46.5 Å². The molecule has 0 aliphatic carbocycles. The van der Waals surface area contributed by atoms with Crippen LogP contribution in [0.2, 0.25) is 5.02 Å². The van der Waals surface area contributed by atoms with Crippen molar-refractivity contribution in [3.63, 3.8) is 0 Å². The van der Waals surface area contributed by atoms with Crippen molar-refractivity contribution >= 4 is 33.0 Å². The molecule has 0 saturated heterocycles. The quantitative estimate of drug-likeness (QED) is 0.744. The van der Waals surface area contributed by atoms with E-state index in [1.165, 1.54) is 6.08 Å². The van der Waals surface area contributed by atoms with E-state index in [2.05, 4.69) is 17.1 Å². The summed E-state index contributed by atoms with van der Waals surface area (Å²) >= 11 is 6.37. The molecule has 0 radical (unpaired) electrons. The Morgan fingerprint density at radius 3 is 2.62 bits per heavy atom. The van der Waals surface area contributed by atoms with E-state index < -0.39 is 9.84 Å². The topological polar surface area (TPSA) is 66.5 Å². The predicted octanol–water partition coefficient (Wildman–Crippen LogP) is 4.14. The fourth-order valence-corrected chi connectivity index (χ4v) is 4.37. The summed E-state index contributed by atoms with van der Waals surface area (Å²) in [6.45, 7) is 4.73. The number of halogens is 1. The second-order valence-corrected chi connectivity index (χ2v) is 9.74. The second kappa shape index (κ2) is 8.59. The molecule has 0 bridgehead atoms. The Kier molecular flexibility index (Phi) is 6.34. The van der Waals surface area contributed by atoms with E-state index in [1.807, 2.05) is 36.4 Å². The minimum atomic E-state index is -3.21. The standard InChI is InChI=1S/C22H25ClN2O3S/c1-15(11-13-29(3,27)28)24-22(26)18-8-9-21-17(14-18)10-12-25(21)16(2)19-6-4-5-7-20(19)23/h4-9,11,13-16H,10,12H2,1-3H3,(H,24,26)/b13-11+/t15-,16?/m1/s1. The van der Waals surface area contributed by atoms with Gasteiger partial charge < -0.3 is 10.2 Å². The highest BCUT2D eigenvalue weighted by Gasteiger charge is 2.26. The first-order valence-electron chi connectivity index (χ1n) is 9.49. The minimum Gasteiger partial charge on any atom is -0.364 e. The number of hydrogen-bond donors (Lipinski definition) is 1. The number of benzene rings is 2. The molecular formula is C22H25ClN2O3S. The highest BCUT2D eigenvalue weighted by atomic mass is 35.5. The van der Waals surface area contributed by atoms with E-state index in [-0.39, 0.29) is 18.0 Å². The van der Waals surface area contributed by atoms with Gasteiger partial charge in [0.1, 0.15) is 0 Å². The molecule has 5 nitrogen and oxygen atoms in total. The van der Waals surface area contributed by atoms with Crippen LogP contribution >= 0.6 is 11.6 Å². The molecule has 2 aromatic carbocycles. The van der Waals surface area contributed by atoms with Crippen molar-refractivity contribution < 1.29 is 13.2 Å². The van der Waals surface area contributed by atoms with Gasteiger partial charge in [-0.15, -0.1) is 0 Å². The molecule has 0 saturated carbocycles. The Labute approximate surface area is 177 Å². The zero-order valence-corrected chi connectivity index (χ0v) is 18.3. The molecule has 7 heteroatoms. The van der Waals surface area contributed by atoms with Gasteiger partial charge in [0.05, 0.1) is 6.04 Å². The molecular weight excluding hydrogens is 408 g/mol. The van der Waals surface area contributed by atoms with Crippen LogP contribution in [0.1, 0.15) is 41.4 Å². The minimum absolute atomic E-state index is 0.130. The van der Waals surface area contributed by atoms with Gasteiger partial charge in [-0.3, -0.25) is 4.79 Å². The smallest absolute Gasteiger partial charge is 0.251 e. The second-order valence-electron chi connectivity index (χ2n) is 7.40. The summed E-state index contributed by atoms with van der Waals surface area (Å²) in [7, 11) is -3.21. The van der Waals surface area contributed by atoms with Crippen LogP contribution in [-0.2, 0) is 16.3 Å². The molecule has 2 atom stereocenters. The summed E-state index contributed by atoms with van der Waals surface area (Å²) in [4.78, 5) is 14.8. The molecule has 1 aliphatic heterocycles. The number of hydrogen-bond acceptors (Lipinski definition) is 4. The van der Waals surface area contributed by atoms with Gasteiger partial charge in [0.2, 0.25) is 0 Å². The van der Waals surface area contributed by atoms with Gasteiger partial charge in [-0.25, -0.2) is 8.42 Å². The van der Waals surface area contributed by atoms with Crippen LogP contribution in [0.5, 0.6) is 0 Å². The van der Waals surface area contributed by atoms with Gasteiger partial charge in [0.15, 0.2) is 9.84 Å². The molecule has 29 heavy (non-hydrogen) atoms. The zero-order valence-electron chi connectivity index (χ0n) is 16.7. The first kappa shape index (κ1) is 21.4. The van der Waals surface area contributed by atoms with E-state index in [9.17, 15) is 13.2 Å². The summed E-state index contributed by atoms with van der Waals surface area (Å²) in [5.74, 6) is -0.226. The molecule has 0 spiro atoms. The summed E-state index contributed by atoms with van der Waals surface area (Å²) in [5.41, 5.74) is 3.88. The third-order valence-corrected chi connectivity index (χ3v) is 6.06. The maximum atomic E-state index is 12.5. The van der Waals surface area contributed by atoms with Gasteiger partial charge >= 0.3 is 0 Å². The Morgan fingerprint density at radius 1 is 1.21 bits per heavy atom. The monoisotopic (exact) mass is 432 g/mol. The van der Waals surface area contributed by atoms with Crippen molar-refractivity contribution in [2.45, 2.75) is 32.4 Å². The molecule has 154 valence electrons. The number of nitrogens with zero attached hydrogens (tertiary/aromatic N) is 1. The van der Waals surface area contributed by atoms with Crippen LogP contribution in [0.25, 0.3) is 0 Å². The van der Waals surface area contributed by atoms with Crippen molar-refractivity contribution in [1.82, 2.24) is 5.32 Å². The number of nitrogens with one attached hydrogen (secondary N) is 1. The number of amides is 1. The third kappa shape index (κ3) is 5.19. The molecule has 1 heterocycles. The number of carbonyl (C=O) groups is 1. The maximum Gasteiger partial charge on any atom is 0.251 e. The number of sulfone groups is 1. The van der Waals surface area contributed by atoms with Crippen LogP contribution in [0.15, 0.2) is 53.9 Å².